The maximum atomic E-state index is 7.82. The Bertz CT molecular complexity index is 94.4. The molecule has 0 aromatic rings. The SMILES string of the molecule is CC(O)Cl.CC(O)Cl.CC(O)Cl.CC(O)Cl.CC(O)Cl.[Nb]. The van der Waals surface area contributed by atoms with Crippen molar-refractivity contribution in [3.05, 3.63) is 0 Å². The summed E-state index contributed by atoms with van der Waals surface area (Å²) < 4.78 is 0. The van der Waals surface area contributed by atoms with E-state index in [1.54, 1.807) is 0 Å². The fourth-order valence-corrected chi connectivity index (χ4v) is 0. The molecule has 0 bridgehead atoms. The van der Waals surface area contributed by atoms with Crippen LogP contribution < -0.4 is 0 Å². The van der Waals surface area contributed by atoms with Crippen LogP contribution in [-0.2, 0) is 22.4 Å². The summed E-state index contributed by atoms with van der Waals surface area (Å²) >= 11 is 24.2. The van der Waals surface area contributed by atoms with Gasteiger partial charge >= 0.3 is 0 Å². The van der Waals surface area contributed by atoms with Crippen LogP contribution in [-0.4, -0.2) is 53.3 Å². The molecule has 0 rings (SSSR count). The summed E-state index contributed by atoms with van der Waals surface area (Å²) in [6.07, 6.45) is 0. The van der Waals surface area contributed by atoms with Gasteiger partial charge in [0.15, 0.2) is 0 Å². The molecule has 5 atom stereocenters. The number of halogens is 5. The van der Waals surface area contributed by atoms with Crippen molar-refractivity contribution in [3.8, 4) is 0 Å². The van der Waals surface area contributed by atoms with E-state index in [0.29, 0.717) is 0 Å². The van der Waals surface area contributed by atoms with Crippen LogP contribution in [0.1, 0.15) is 34.6 Å². The standard InChI is InChI=1S/5C2H5ClO.Nb/c5*1-2(3)4;/h5*2,4H,1H3;. The summed E-state index contributed by atoms with van der Waals surface area (Å²) in [5.41, 5.74) is -3.47. The molecule has 0 fully saturated rings. The van der Waals surface area contributed by atoms with Crippen molar-refractivity contribution < 1.29 is 47.9 Å². The van der Waals surface area contributed by atoms with Gasteiger partial charge in [-0.3, -0.25) is 0 Å². The normalized spacial score (nSPS) is 15.0. The predicted octanol–water partition coefficient (Wildman–Crippen LogP) is 2.82. The molecule has 1 radical (unpaired) electrons. The minimum absolute atomic E-state index is 0. The molecule has 5 unspecified atom stereocenters. The first-order chi connectivity index (χ1) is 8.66. The molecule has 5 N–H and O–H groups in total. The maximum absolute atomic E-state index is 7.82. The number of aliphatic hydroxyl groups excluding tert-OH is 5. The summed E-state index contributed by atoms with van der Waals surface area (Å²) in [6.45, 7) is 7.44. The maximum Gasteiger partial charge on any atom is 0.125 e. The molecule has 0 saturated carbocycles. The molecule has 0 aromatic carbocycles. The van der Waals surface area contributed by atoms with Crippen LogP contribution in [0.5, 0.6) is 0 Å². The molecule has 11 heteroatoms. The van der Waals surface area contributed by atoms with Crippen LogP contribution in [0.4, 0.5) is 0 Å². The van der Waals surface area contributed by atoms with Gasteiger partial charge < -0.3 is 25.5 Å². The Kier molecular flexibility index (Phi) is 61.6. The second kappa shape index (κ2) is 33.6. The Hall–Kier alpha value is 1.99. The monoisotopic (exact) mass is 493 g/mol. The van der Waals surface area contributed by atoms with Crippen molar-refractivity contribution in [1.29, 1.82) is 0 Å². The van der Waals surface area contributed by atoms with Gasteiger partial charge in [0.25, 0.3) is 0 Å². The average Bonchev–Trinajstić information content (AvgIpc) is 1.94. The van der Waals surface area contributed by atoms with Gasteiger partial charge in [0.05, 0.1) is 0 Å². The molecule has 21 heavy (non-hydrogen) atoms. The Morgan fingerprint density at radius 3 is 0.429 bits per heavy atom. The van der Waals surface area contributed by atoms with Crippen LogP contribution >= 0.6 is 58.0 Å². The van der Waals surface area contributed by atoms with Crippen molar-refractivity contribution in [1.82, 2.24) is 0 Å². The van der Waals surface area contributed by atoms with E-state index in [2.05, 4.69) is 0 Å². The quantitative estimate of drug-likeness (QED) is 0.263. The minimum atomic E-state index is -0.694. The van der Waals surface area contributed by atoms with Crippen molar-refractivity contribution in [2.24, 2.45) is 0 Å². The summed E-state index contributed by atoms with van der Waals surface area (Å²) in [6, 6.07) is 0. The van der Waals surface area contributed by atoms with Crippen molar-refractivity contribution in [2.45, 2.75) is 62.4 Å². The van der Waals surface area contributed by atoms with Crippen LogP contribution in [0.3, 0.4) is 0 Å². The van der Waals surface area contributed by atoms with Gasteiger partial charge in [-0.2, -0.15) is 0 Å². The first kappa shape index (κ1) is 38.5. The van der Waals surface area contributed by atoms with Crippen LogP contribution in [0.25, 0.3) is 0 Å². The zero-order valence-corrected chi connectivity index (χ0v) is 18.4. The van der Waals surface area contributed by atoms with E-state index in [-0.39, 0.29) is 22.4 Å². The van der Waals surface area contributed by atoms with Gasteiger partial charge in [0.2, 0.25) is 0 Å². The molecule has 0 saturated heterocycles. The van der Waals surface area contributed by atoms with Crippen LogP contribution in [0, 0.1) is 0 Å². The number of hydrogen-bond acceptors (Lipinski definition) is 5. The third-order valence-corrected chi connectivity index (χ3v) is 0. The molecule has 0 aromatic heterocycles. The minimum Gasteiger partial charge on any atom is -0.378 e. The largest absolute Gasteiger partial charge is 0.378 e. The van der Waals surface area contributed by atoms with E-state index in [0.717, 1.165) is 0 Å². The molecule has 0 aliphatic heterocycles. The molecule has 5 nitrogen and oxygen atoms in total. The molecule has 0 aliphatic carbocycles. The predicted molar refractivity (Wildman–Crippen MR) is 87.7 cm³/mol. The number of hydrogen-bond donors (Lipinski definition) is 5. The molecular weight excluding hydrogens is 470 g/mol. The van der Waals surface area contributed by atoms with E-state index in [1.165, 1.54) is 34.6 Å². The van der Waals surface area contributed by atoms with Crippen molar-refractivity contribution >= 4 is 58.0 Å². The van der Waals surface area contributed by atoms with E-state index < -0.39 is 27.8 Å². The zero-order valence-electron chi connectivity index (χ0n) is 12.5. The first-order valence-electron chi connectivity index (χ1n) is 5.27. The van der Waals surface area contributed by atoms with Gasteiger partial charge in [0.1, 0.15) is 27.8 Å². The van der Waals surface area contributed by atoms with Gasteiger partial charge in [-0.25, -0.2) is 0 Å². The van der Waals surface area contributed by atoms with Crippen molar-refractivity contribution in [2.75, 3.05) is 0 Å². The number of aliphatic hydroxyl groups is 5. The smallest absolute Gasteiger partial charge is 0.125 e. The Morgan fingerprint density at radius 2 is 0.429 bits per heavy atom. The van der Waals surface area contributed by atoms with E-state index in [9.17, 15) is 0 Å². The molecule has 0 spiro atoms. The van der Waals surface area contributed by atoms with E-state index >= 15 is 0 Å². The second-order valence-corrected chi connectivity index (χ2v) is 6.03. The number of alkyl halides is 5. The Labute approximate surface area is 167 Å². The second-order valence-electron chi connectivity index (χ2n) is 2.87. The molecule has 135 valence electrons. The number of rotatable bonds is 0. The molecule has 0 amide bonds. The van der Waals surface area contributed by atoms with Crippen LogP contribution in [0.2, 0.25) is 0 Å². The first-order valence-corrected chi connectivity index (χ1v) is 7.45. The van der Waals surface area contributed by atoms with Gasteiger partial charge in [-0.05, 0) is 34.6 Å². The fourth-order valence-electron chi connectivity index (χ4n) is 0. The Balaban J connectivity index is -0.0000000331. The molecule has 0 aliphatic rings. The van der Waals surface area contributed by atoms with Gasteiger partial charge in [0, 0.05) is 22.4 Å². The zero-order chi connectivity index (χ0) is 17.9. The Morgan fingerprint density at radius 1 is 0.429 bits per heavy atom. The summed E-state index contributed by atoms with van der Waals surface area (Å²) in [5, 5.41) is 39.1. The van der Waals surface area contributed by atoms with Gasteiger partial charge in [-0.1, -0.05) is 58.0 Å². The van der Waals surface area contributed by atoms with Crippen LogP contribution in [0.15, 0.2) is 0 Å². The summed E-state index contributed by atoms with van der Waals surface area (Å²) in [7, 11) is 0. The third kappa shape index (κ3) is 2220. The molecule has 0 heterocycles. The van der Waals surface area contributed by atoms with Crippen molar-refractivity contribution in [3.63, 3.8) is 0 Å². The topological polar surface area (TPSA) is 101 Å². The summed E-state index contributed by atoms with van der Waals surface area (Å²) in [5.74, 6) is 0. The van der Waals surface area contributed by atoms with E-state index in [1.807, 2.05) is 0 Å². The third-order valence-electron chi connectivity index (χ3n) is 0. The van der Waals surface area contributed by atoms with Gasteiger partial charge in [-0.15, -0.1) is 0 Å². The fraction of sp³-hybridized carbons (Fsp3) is 1.00. The molecular formula is C10H25Cl5NbO5. The average molecular weight is 495 g/mol. The van der Waals surface area contributed by atoms with E-state index in [4.69, 9.17) is 83.5 Å². The summed E-state index contributed by atoms with van der Waals surface area (Å²) in [4.78, 5) is 0.